The van der Waals surface area contributed by atoms with Crippen molar-refractivity contribution in [1.82, 2.24) is 15.3 Å². The Labute approximate surface area is 118 Å². The maximum absolute atomic E-state index is 11.9. The van der Waals surface area contributed by atoms with Gasteiger partial charge in [0.15, 0.2) is 0 Å². The molecule has 0 aromatic carbocycles. The summed E-state index contributed by atoms with van der Waals surface area (Å²) < 4.78 is 0. The van der Waals surface area contributed by atoms with Crippen LogP contribution in [0, 0.1) is 5.41 Å². The number of imidazole rings is 1. The lowest BCUT2D eigenvalue weighted by molar-refractivity contribution is -0.141. The number of nitrogens with zero attached hydrogens (tertiary/aromatic N) is 1. The minimum atomic E-state index is -1.09. The molecule has 0 saturated carbocycles. The largest absolute Gasteiger partial charge is 0.480 e. The quantitative estimate of drug-likeness (QED) is 0.597. The van der Waals surface area contributed by atoms with Crippen molar-refractivity contribution in [3.05, 3.63) is 18.2 Å². The molecule has 1 rings (SSSR count). The van der Waals surface area contributed by atoms with Crippen LogP contribution < -0.4 is 11.1 Å². The van der Waals surface area contributed by atoms with E-state index in [4.69, 9.17) is 10.8 Å². The maximum atomic E-state index is 11.9. The minimum absolute atomic E-state index is 0.0935. The fourth-order valence-electron chi connectivity index (χ4n) is 1.58. The minimum Gasteiger partial charge on any atom is -0.480 e. The number of carboxylic acid groups (broad SMARTS) is 1. The average molecular weight is 282 g/mol. The topological polar surface area (TPSA) is 121 Å². The lowest BCUT2D eigenvalue weighted by Crippen LogP contribution is -2.46. The zero-order valence-electron chi connectivity index (χ0n) is 12.0. The van der Waals surface area contributed by atoms with Crippen molar-refractivity contribution in [3.63, 3.8) is 0 Å². The van der Waals surface area contributed by atoms with Crippen molar-refractivity contribution >= 4 is 11.9 Å². The number of carbonyl (C=O) groups is 2. The molecule has 0 aliphatic heterocycles. The van der Waals surface area contributed by atoms with Crippen LogP contribution in [0.15, 0.2) is 12.5 Å². The maximum Gasteiger partial charge on any atom is 0.326 e. The Morgan fingerprint density at radius 3 is 2.60 bits per heavy atom. The van der Waals surface area contributed by atoms with Crippen LogP contribution in [0.25, 0.3) is 0 Å². The van der Waals surface area contributed by atoms with E-state index in [1.807, 2.05) is 20.8 Å². The standard InChI is InChI=1S/C13H22N4O3/c1-13(2,3)10(14)5-11(18)17-9(12(19)20)4-8-6-15-7-16-8/h6-7,9-10H,4-5,14H2,1-3H3,(H,15,16)(H,17,18)(H,19,20). The monoisotopic (exact) mass is 282 g/mol. The molecule has 0 bridgehead atoms. The Bertz CT molecular complexity index is 451. The van der Waals surface area contributed by atoms with E-state index >= 15 is 0 Å². The van der Waals surface area contributed by atoms with E-state index in [-0.39, 0.29) is 30.2 Å². The molecule has 1 amide bonds. The fourth-order valence-corrected chi connectivity index (χ4v) is 1.58. The second-order valence-electron chi connectivity index (χ2n) is 5.92. The third kappa shape index (κ3) is 5.00. The van der Waals surface area contributed by atoms with Gasteiger partial charge in [0.05, 0.1) is 6.33 Å². The molecule has 0 aliphatic carbocycles. The molecule has 0 spiro atoms. The van der Waals surface area contributed by atoms with Gasteiger partial charge in [-0.25, -0.2) is 9.78 Å². The van der Waals surface area contributed by atoms with Gasteiger partial charge in [0.1, 0.15) is 6.04 Å². The number of hydrogen-bond donors (Lipinski definition) is 4. The number of carbonyl (C=O) groups excluding carboxylic acids is 1. The first-order chi connectivity index (χ1) is 9.20. The molecule has 20 heavy (non-hydrogen) atoms. The second-order valence-corrected chi connectivity index (χ2v) is 5.92. The van der Waals surface area contributed by atoms with Gasteiger partial charge in [0.2, 0.25) is 5.91 Å². The predicted molar refractivity (Wildman–Crippen MR) is 73.9 cm³/mol. The Hall–Kier alpha value is -1.89. The van der Waals surface area contributed by atoms with Crippen molar-refractivity contribution in [1.29, 1.82) is 0 Å². The van der Waals surface area contributed by atoms with Crippen LogP contribution in [0.5, 0.6) is 0 Å². The summed E-state index contributed by atoms with van der Waals surface area (Å²) >= 11 is 0. The van der Waals surface area contributed by atoms with Gasteiger partial charge in [-0.15, -0.1) is 0 Å². The highest BCUT2D eigenvalue weighted by Gasteiger charge is 2.26. The molecule has 1 aromatic rings. The summed E-state index contributed by atoms with van der Waals surface area (Å²) in [5, 5.41) is 11.6. The normalized spacial score (nSPS) is 14.6. The van der Waals surface area contributed by atoms with Crippen LogP contribution in [-0.4, -0.2) is 39.0 Å². The van der Waals surface area contributed by atoms with Gasteiger partial charge >= 0.3 is 5.97 Å². The van der Waals surface area contributed by atoms with Gasteiger partial charge in [0, 0.05) is 30.8 Å². The Morgan fingerprint density at radius 2 is 2.15 bits per heavy atom. The highest BCUT2D eigenvalue weighted by atomic mass is 16.4. The number of aromatic nitrogens is 2. The van der Waals surface area contributed by atoms with E-state index in [1.165, 1.54) is 12.5 Å². The number of H-pyrrole nitrogens is 1. The van der Waals surface area contributed by atoms with Crippen LogP contribution in [0.4, 0.5) is 0 Å². The van der Waals surface area contributed by atoms with Gasteiger partial charge in [-0.3, -0.25) is 4.79 Å². The molecular weight excluding hydrogens is 260 g/mol. The second kappa shape index (κ2) is 6.51. The summed E-state index contributed by atoms with van der Waals surface area (Å²) in [6.07, 6.45) is 3.25. The fraction of sp³-hybridized carbons (Fsp3) is 0.615. The van der Waals surface area contributed by atoms with Gasteiger partial charge < -0.3 is 21.1 Å². The van der Waals surface area contributed by atoms with E-state index in [0.29, 0.717) is 5.69 Å². The van der Waals surface area contributed by atoms with Crippen LogP contribution in [0.3, 0.4) is 0 Å². The molecule has 7 heteroatoms. The SMILES string of the molecule is CC(C)(C)C(N)CC(=O)NC(Cc1cnc[nH]1)C(=O)O. The van der Waals surface area contributed by atoms with Crippen LogP contribution in [0.1, 0.15) is 32.9 Å². The van der Waals surface area contributed by atoms with Gasteiger partial charge in [0.25, 0.3) is 0 Å². The van der Waals surface area contributed by atoms with Gasteiger partial charge in [-0.2, -0.15) is 0 Å². The number of nitrogens with two attached hydrogens (primary N) is 1. The number of nitrogens with one attached hydrogen (secondary N) is 2. The molecule has 0 radical (unpaired) electrons. The van der Waals surface area contributed by atoms with Crippen LogP contribution in [-0.2, 0) is 16.0 Å². The summed E-state index contributed by atoms with van der Waals surface area (Å²) in [6, 6.07) is -1.32. The van der Waals surface area contributed by atoms with Crippen molar-refractivity contribution < 1.29 is 14.7 Å². The first kappa shape index (κ1) is 16.2. The van der Waals surface area contributed by atoms with Gasteiger partial charge in [-0.1, -0.05) is 20.8 Å². The van der Waals surface area contributed by atoms with Crippen LogP contribution in [0.2, 0.25) is 0 Å². The first-order valence-corrected chi connectivity index (χ1v) is 6.45. The molecule has 112 valence electrons. The molecule has 2 unspecified atom stereocenters. The lowest BCUT2D eigenvalue weighted by atomic mass is 9.85. The van der Waals surface area contributed by atoms with E-state index in [9.17, 15) is 9.59 Å². The Morgan fingerprint density at radius 1 is 1.50 bits per heavy atom. The predicted octanol–water partition coefficient (Wildman–Crippen LogP) is 0.285. The van der Waals surface area contributed by atoms with E-state index in [2.05, 4.69) is 15.3 Å². The molecule has 0 aliphatic rings. The summed E-state index contributed by atoms with van der Waals surface area (Å²) in [5.41, 5.74) is 6.36. The molecule has 5 N–H and O–H groups in total. The van der Waals surface area contributed by atoms with Crippen molar-refractivity contribution in [3.8, 4) is 0 Å². The summed E-state index contributed by atoms with van der Waals surface area (Å²) in [4.78, 5) is 29.7. The number of amides is 1. The van der Waals surface area contributed by atoms with E-state index < -0.39 is 12.0 Å². The van der Waals surface area contributed by atoms with E-state index in [0.717, 1.165) is 0 Å². The highest BCUT2D eigenvalue weighted by molar-refractivity contribution is 5.84. The van der Waals surface area contributed by atoms with Crippen molar-refractivity contribution in [2.45, 2.75) is 45.7 Å². The number of aromatic amines is 1. The third-order valence-electron chi connectivity index (χ3n) is 3.13. The summed E-state index contributed by atoms with van der Waals surface area (Å²) in [7, 11) is 0. The molecule has 7 nitrogen and oxygen atoms in total. The zero-order chi connectivity index (χ0) is 15.3. The Kier molecular flexibility index (Phi) is 5.26. The molecule has 1 heterocycles. The summed E-state index contributed by atoms with van der Waals surface area (Å²) in [6.45, 7) is 5.80. The zero-order valence-corrected chi connectivity index (χ0v) is 12.0. The van der Waals surface area contributed by atoms with Gasteiger partial charge in [-0.05, 0) is 5.41 Å². The van der Waals surface area contributed by atoms with Crippen LogP contribution >= 0.6 is 0 Å². The van der Waals surface area contributed by atoms with Crippen molar-refractivity contribution in [2.75, 3.05) is 0 Å². The van der Waals surface area contributed by atoms with Crippen molar-refractivity contribution in [2.24, 2.45) is 11.1 Å². The molecule has 0 fully saturated rings. The number of carboxylic acids is 1. The average Bonchev–Trinajstić information content (AvgIpc) is 2.79. The van der Waals surface area contributed by atoms with E-state index in [1.54, 1.807) is 0 Å². The molecule has 2 atom stereocenters. The molecular formula is C13H22N4O3. The third-order valence-corrected chi connectivity index (χ3v) is 3.13. The number of aliphatic carboxylic acids is 1. The molecule has 0 saturated heterocycles. The summed E-state index contributed by atoms with van der Waals surface area (Å²) in [5.74, 6) is -1.45. The lowest BCUT2D eigenvalue weighted by Gasteiger charge is -2.27. The first-order valence-electron chi connectivity index (χ1n) is 6.45. The molecule has 1 aromatic heterocycles. The Balaban J connectivity index is 2.58. The number of rotatable bonds is 6. The smallest absolute Gasteiger partial charge is 0.326 e. The highest BCUT2D eigenvalue weighted by Crippen LogP contribution is 2.19. The number of hydrogen-bond acceptors (Lipinski definition) is 4.